The van der Waals surface area contributed by atoms with E-state index in [0.29, 0.717) is 16.4 Å². The lowest BCUT2D eigenvalue weighted by Gasteiger charge is -2.09. The molecule has 0 saturated heterocycles. The van der Waals surface area contributed by atoms with Crippen LogP contribution >= 0.6 is 11.3 Å². The molecule has 1 heterocycles. The zero-order valence-electron chi connectivity index (χ0n) is 11.8. The number of hydrogen-bond acceptors (Lipinski definition) is 6. The third-order valence-corrected chi connectivity index (χ3v) is 4.00. The molecule has 2 aromatic rings. The van der Waals surface area contributed by atoms with E-state index in [1.54, 1.807) is 19.1 Å². The van der Waals surface area contributed by atoms with E-state index in [9.17, 15) is 15.2 Å². The number of aryl methyl sites for hydroxylation is 1. The van der Waals surface area contributed by atoms with E-state index < -0.39 is 11.0 Å². The quantitative estimate of drug-likeness (QED) is 0.670. The first-order chi connectivity index (χ1) is 9.92. The number of aliphatic hydroxyl groups is 1. The average Bonchev–Trinajstić information content (AvgIpc) is 2.85. The van der Waals surface area contributed by atoms with Gasteiger partial charge in [0.25, 0.3) is 5.06 Å². The van der Waals surface area contributed by atoms with Crippen molar-refractivity contribution in [1.29, 1.82) is 0 Å². The molecule has 0 amide bonds. The van der Waals surface area contributed by atoms with Crippen molar-refractivity contribution in [2.24, 2.45) is 0 Å². The second-order valence-electron chi connectivity index (χ2n) is 4.51. The first-order valence-corrected chi connectivity index (χ1v) is 7.02. The Balaban J connectivity index is 2.41. The van der Waals surface area contributed by atoms with Crippen molar-refractivity contribution in [3.8, 4) is 16.6 Å². The van der Waals surface area contributed by atoms with Crippen LogP contribution in [-0.4, -0.2) is 17.1 Å². The lowest BCUT2D eigenvalue weighted by atomic mass is 10.2. The molecule has 0 aliphatic carbocycles. The van der Waals surface area contributed by atoms with Gasteiger partial charge in [0.1, 0.15) is 0 Å². The molecular formula is C14H15NO5S. The lowest BCUT2D eigenvalue weighted by molar-refractivity contribution is -0.385. The molecular weight excluding hydrogens is 294 g/mol. The molecule has 0 aliphatic rings. The molecule has 1 N–H and O–H groups in total. The number of rotatable bonds is 5. The summed E-state index contributed by atoms with van der Waals surface area (Å²) in [6.07, 6.45) is -0.786. The summed E-state index contributed by atoms with van der Waals surface area (Å²) in [4.78, 5) is 11.0. The number of hydrogen-bond donors (Lipinski definition) is 1. The van der Waals surface area contributed by atoms with Crippen molar-refractivity contribution in [3.63, 3.8) is 0 Å². The van der Waals surface area contributed by atoms with Crippen LogP contribution in [0.25, 0.3) is 0 Å². The summed E-state index contributed by atoms with van der Waals surface area (Å²) in [5.41, 5.74) is 0.822. The van der Waals surface area contributed by atoms with E-state index in [-0.39, 0.29) is 10.8 Å². The Morgan fingerprint density at radius 1 is 1.33 bits per heavy atom. The summed E-state index contributed by atoms with van der Waals surface area (Å²) in [6, 6.07) is 6.63. The van der Waals surface area contributed by atoms with Gasteiger partial charge in [0.15, 0.2) is 11.5 Å². The number of aliphatic hydroxyl groups excluding tert-OH is 1. The topological polar surface area (TPSA) is 81.8 Å². The fourth-order valence-corrected chi connectivity index (χ4v) is 2.67. The predicted molar refractivity (Wildman–Crippen MR) is 79.4 cm³/mol. The van der Waals surface area contributed by atoms with Crippen LogP contribution in [-0.2, 0) is 0 Å². The molecule has 1 aromatic carbocycles. The predicted octanol–water partition coefficient (Wildman–Crippen LogP) is 3.82. The Hall–Kier alpha value is -2.12. The van der Waals surface area contributed by atoms with Crippen LogP contribution in [0.3, 0.4) is 0 Å². The summed E-state index contributed by atoms with van der Waals surface area (Å²) in [6.45, 7) is 3.46. The standard InChI is InChI=1S/C14H15NO5S/c1-8-4-5-11(12(6-8)19-3)20-14-10(15(17)18)7-13(21-14)9(2)16/h4-7,9,16H,1-3H3. The van der Waals surface area contributed by atoms with Crippen molar-refractivity contribution in [3.05, 3.63) is 44.8 Å². The van der Waals surface area contributed by atoms with E-state index in [1.165, 1.54) is 13.2 Å². The van der Waals surface area contributed by atoms with Gasteiger partial charge in [0.2, 0.25) is 0 Å². The number of ether oxygens (including phenoxy) is 2. The zero-order valence-corrected chi connectivity index (χ0v) is 12.6. The second-order valence-corrected chi connectivity index (χ2v) is 5.56. The first-order valence-electron chi connectivity index (χ1n) is 6.21. The van der Waals surface area contributed by atoms with Gasteiger partial charge in [-0.05, 0) is 31.5 Å². The Bertz CT molecular complexity index is 665. The largest absolute Gasteiger partial charge is 0.493 e. The SMILES string of the molecule is COc1cc(C)ccc1Oc1sc(C(C)O)cc1[N+](=O)[O-]. The Morgan fingerprint density at radius 2 is 2.05 bits per heavy atom. The van der Waals surface area contributed by atoms with Gasteiger partial charge in [-0.3, -0.25) is 10.1 Å². The minimum Gasteiger partial charge on any atom is -0.493 e. The molecule has 0 aliphatic heterocycles. The molecule has 6 nitrogen and oxygen atoms in total. The zero-order chi connectivity index (χ0) is 15.6. The lowest BCUT2D eigenvalue weighted by Crippen LogP contribution is -1.92. The van der Waals surface area contributed by atoms with E-state index in [0.717, 1.165) is 16.9 Å². The van der Waals surface area contributed by atoms with E-state index in [4.69, 9.17) is 9.47 Å². The summed E-state index contributed by atoms with van der Waals surface area (Å²) >= 11 is 1.04. The number of benzene rings is 1. The van der Waals surface area contributed by atoms with Gasteiger partial charge in [-0.1, -0.05) is 17.4 Å². The molecule has 2 rings (SSSR count). The highest BCUT2D eigenvalue weighted by atomic mass is 32.1. The van der Waals surface area contributed by atoms with Crippen LogP contribution in [0.5, 0.6) is 16.6 Å². The summed E-state index contributed by atoms with van der Waals surface area (Å²) in [5.74, 6) is 0.890. The normalized spacial score (nSPS) is 12.0. The minimum atomic E-state index is -0.786. The van der Waals surface area contributed by atoms with E-state index >= 15 is 0 Å². The number of thiophene rings is 1. The van der Waals surface area contributed by atoms with Crippen LogP contribution < -0.4 is 9.47 Å². The summed E-state index contributed by atoms with van der Waals surface area (Å²) < 4.78 is 10.8. The summed E-state index contributed by atoms with van der Waals surface area (Å²) in [7, 11) is 1.51. The van der Waals surface area contributed by atoms with Crippen LogP contribution in [0.2, 0.25) is 0 Å². The monoisotopic (exact) mass is 309 g/mol. The Labute approximate surface area is 125 Å². The smallest absolute Gasteiger partial charge is 0.323 e. The van der Waals surface area contributed by atoms with Crippen LogP contribution in [0.1, 0.15) is 23.5 Å². The van der Waals surface area contributed by atoms with Crippen molar-refractivity contribution in [2.75, 3.05) is 7.11 Å². The maximum Gasteiger partial charge on any atom is 0.323 e. The molecule has 21 heavy (non-hydrogen) atoms. The molecule has 7 heteroatoms. The molecule has 1 unspecified atom stereocenters. The highest BCUT2D eigenvalue weighted by molar-refractivity contribution is 7.14. The fraction of sp³-hybridized carbons (Fsp3) is 0.286. The molecule has 1 atom stereocenters. The maximum atomic E-state index is 11.1. The van der Waals surface area contributed by atoms with E-state index in [1.807, 2.05) is 13.0 Å². The summed E-state index contributed by atoms with van der Waals surface area (Å²) in [5, 5.41) is 20.8. The second kappa shape index (κ2) is 6.11. The Morgan fingerprint density at radius 3 is 2.62 bits per heavy atom. The van der Waals surface area contributed by atoms with Crippen LogP contribution in [0, 0.1) is 17.0 Å². The van der Waals surface area contributed by atoms with Gasteiger partial charge in [-0.2, -0.15) is 0 Å². The fourth-order valence-electron chi connectivity index (χ4n) is 1.75. The van der Waals surface area contributed by atoms with Gasteiger partial charge >= 0.3 is 5.69 Å². The molecule has 0 spiro atoms. The van der Waals surface area contributed by atoms with Crippen LogP contribution in [0.4, 0.5) is 5.69 Å². The van der Waals surface area contributed by atoms with Gasteiger partial charge in [-0.25, -0.2) is 0 Å². The maximum absolute atomic E-state index is 11.1. The van der Waals surface area contributed by atoms with Gasteiger partial charge in [0.05, 0.1) is 18.1 Å². The number of nitro groups is 1. The highest BCUT2D eigenvalue weighted by Gasteiger charge is 2.24. The minimum absolute atomic E-state index is 0.123. The van der Waals surface area contributed by atoms with Gasteiger partial charge in [-0.15, -0.1) is 0 Å². The molecule has 0 fully saturated rings. The van der Waals surface area contributed by atoms with Crippen molar-refractivity contribution >= 4 is 17.0 Å². The molecule has 1 aromatic heterocycles. The van der Waals surface area contributed by atoms with Crippen molar-refractivity contribution in [2.45, 2.75) is 20.0 Å². The van der Waals surface area contributed by atoms with E-state index in [2.05, 4.69) is 0 Å². The highest BCUT2D eigenvalue weighted by Crippen LogP contribution is 2.43. The molecule has 0 radical (unpaired) electrons. The molecule has 112 valence electrons. The van der Waals surface area contributed by atoms with Gasteiger partial charge < -0.3 is 14.6 Å². The van der Waals surface area contributed by atoms with Gasteiger partial charge in [0, 0.05) is 10.9 Å². The molecule has 0 saturated carbocycles. The van der Waals surface area contributed by atoms with Crippen molar-refractivity contribution in [1.82, 2.24) is 0 Å². The third kappa shape index (κ3) is 3.32. The third-order valence-electron chi connectivity index (χ3n) is 2.83. The number of nitrogens with zero attached hydrogens (tertiary/aromatic N) is 1. The number of methoxy groups -OCH3 is 1. The Kier molecular flexibility index (Phi) is 4.44. The molecule has 0 bridgehead atoms. The van der Waals surface area contributed by atoms with Crippen LogP contribution in [0.15, 0.2) is 24.3 Å². The average molecular weight is 309 g/mol. The van der Waals surface area contributed by atoms with Crippen molar-refractivity contribution < 1.29 is 19.5 Å². The first kappa shape index (κ1) is 15.3.